The molecular weight excluding hydrogens is 317 g/mol. The maximum atomic E-state index is 12.9. The van der Waals surface area contributed by atoms with E-state index in [1.807, 2.05) is 0 Å². The number of aliphatic carboxylic acids is 1. The van der Waals surface area contributed by atoms with Gasteiger partial charge in [0, 0.05) is 5.75 Å². The Morgan fingerprint density at radius 1 is 1.53 bits per heavy atom. The topological polar surface area (TPSA) is 74.7 Å². The lowest BCUT2D eigenvalue weighted by Crippen LogP contribution is -2.41. The van der Waals surface area contributed by atoms with E-state index in [-0.39, 0.29) is 21.5 Å². The lowest BCUT2D eigenvalue weighted by Gasteiger charge is -2.20. The molecule has 0 bridgehead atoms. The van der Waals surface area contributed by atoms with Gasteiger partial charge in [0.1, 0.15) is 16.8 Å². The average molecular weight is 326 g/mol. The summed E-state index contributed by atoms with van der Waals surface area (Å²) in [6.07, 6.45) is 0. The Labute approximate surface area is 118 Å². The summed E-state index contributed by atoms with van der Waals surface area (Å²) in [5, 5.41) is 8.73. The van der Waals surface area contributed by atoms with Crippen molar-refractivity contribution in [2.75, 3.05) is 11.6 Å². The quantitative estimate of drug-likeness (QED) is 0.914. The van der Waals surface area contributed by atoms with Crippen molar-refractivity contribution < 1.29 is 22.7 Å². The van der Waals surface area contributed by atoms with E-state index in [9.17, 15) is 17.6 Å². The van der Waals surface area contributed by atoms with Crippen LogP contribution in [0.3, 0.4) is 0 Å². The SMILES string of the molecule is O=C(O)[C@@H]1CSCN1S(=O)(=O)c1ccc(F)cc1Cl. The van der Waals surface area contributed by atoms with Crippen LogP contribution < -0.4 is 0 Å². The molecule has 0 spiro atoms. The van der Waals surface area contributed by atoms with Crippen LogP contribution in [0, 0.1) is 5.82 Å². The van der Waals surface area contributed by atoms with Gasteiger partial charge in [-0.05, 0) is 18.2 Å². The van der Waals surface area contributed by atoms with Crippen molar-refractivity contribution in [2.45, 2.75) is 10.9 Å². The van der Waals surface area contributed by atoms with E-state index in [0.29, 0.717) is 0 Å². The van der Waals surface area contributed by atoms with Crippen LogP contribution in [-0.2, 0) is 14.8 Å². The predicted octanol–water partition coefficient (Wildman–Crippen LogP) is 1.63. The molecule has 1 N–H and O–H groups in total. The fourth-order valence-corrected chi connectivity index (χ4v) is 5.31. The highest BCUT2D eigenvalue weighted by Crippen LogP contribution is 2.31. The summed E-state index contributed by atoms with van der Waals surface area (Å²) in [7, 11) is -4.05. The second kappa shape index (κ2) is 5.28. The van der Waals surface area contributed by atoms with E-state index in [2.05, 4.69) is 0 Å². The van der Waals surface area contributed by atoms with Crippen LogP contribution in [0.1, 0.15) is 0 Å². The minimum absolute atomic E-state index is 0.0347. The molecule has 1 aromatic carbocycles. The van der Waals surface area contributed by atoms with Crippen LogP contribution in [0.4, 0.5) is 4.39 Å². The van der Waals surface area contributed by atoms with E-state index < -0.39 is 27.9 Å². The molecule has 1 aliphatic rings. The van der Waals surface area contributed by atoms with Crippen LogP contribution in [0.15, 0.2) is 23.1 Å². The highest BCUT2D eigenvalue weighted by molar-refractivity contribution is 8.00. The van der Waals surface area contributed by atoms with Gasteiger partial charge in [0.25, 0.3) is 0 Å². The molecule has 1 aliphatic heterocycles. The van der Waals surface area contributed by atoms with E-state index in [1.54, 1.807) is 0 Å². The minimum Gasteiger partial charge on any atom is -0.480 e. The van der Waals surface area contributed by atoms with E-state index in [0.717, 1.165) is 22.5 Å². The summed E-state index contributed by atoms with van der Waals surface area (Å²) < 4.78 is 38.4. The summed E-state index contributed by atoms with van der Waals surface area (Å²) in [6, 6.07) is 1.76. The fraction of sp³-hybridized carbons (Fsp3) is 0.300. The van der Waals surface area contributed by atoms with Gasteiger partial charge < -0.3 is 5.11 Å². The normalized spacial score (nSPS) is 20.6. The number of hydrogen-bond acceptors (Lipinski definition) is 4. The molecule has 19 heavy (non-hydrogen) atoms. The zero-order valence-electron chi connectivity index (χ0n) is 9.42. The molecule has 0 aliphatic carbocycles. The number of halogens is 2. The van der Waals surface area contributed by atoms with Crippen molar-refractivity contribution in [3.05, 3.63) is 29.0 Å². The fourth-order valence-electron chi connectivity index (χ4n) is 1.67. The standard InChI is InChI=1S/C10H9ClFNO4S2/c11-7-3-6(12)1-2-9(7)19(16,17)13-5-18-4-8(13)10(14)15/h1-3,8H,4-5H2,(H,14,15)/t8-/m0/s1. The van der Waals surface area contributed by atoms with Crippen LogP contribution in [-0.4, -0.2) is 41.5 Å². The molecule has 1 atom stereocenters. The first-order chi connectivity index (χ1) is 8.84. The number of nitrogens with zero attached hydrogens (tertiary/aromatic N) is 1. The lowest BCUT2D eigenvalue weighted by atomic mass is 10.3. The molecule has 104 valence electrons. The number of rotatable bonds is 3. The summed E-state index contributed by atoms with van der Waals surface area (Å²) in [4.78, 5) is 10.7. The van der Waals surface area contributed by atoms with E-state index in [4.69, 9.17) is 16.7 Å². The largest absolute Gasteiger partial charge is 0.480 e. The third kappa shape index (κ3) is 2.71. The van der Waals surface area contributed by atoms with Gasteiger partial charge in [-0.25, -0.2) is 12.8 Å². The lowest BCUT2D eigenvalue weighted by molar-refractivity contribution is -0.140. The second-order valence-electron chi connectivity index (χ2n) is 3.82. The zero-order valence-corrected chi connectivity index (χ0v) is 11.8. The first-order valence-electron chi connectivity index (χ1n) is 5.11. The summed E-state index contributed by atoms with van der Waals surface area (Å²) in [6.45, 7) is 0. The molecule has 5 nitrogen and oxygen atoms in total. The Bertz CT molecular complexity index is 622. The third-order valence-corrected chi connectivity index (χ3v) is 6.12. The molecular formula is C10H9ClFNO4S2. The molecule has 9 heteroatoms. The monoisotopic (exact) mass is 325 g/mol. The van der Waals surface area contributed by atoms with Crippen molar-refractivity contribution in [1.29, 1.82) is 0 Å². The summed E-state index contributed by atoms with van der Waals surface area (Å²) in [5.41, 5.74) is 0. The smallest absolute Gasteiger partial charge is 0.322 e. The van der Waals surface area contributed by atoms with Gasteiger partial charge in [-0.1, -0.05) is 11.6 Å². The van der Waals surface area contributed by atoms with Crippen LogP contribution >= 0.6 is 23.4 Å². The Balaban J connectivity index is 2.45. The Morgan fingerprint density at radius 3 is 2.79 bits per heavy atom. The van der Waals surface area contributed by atoms with E-state index >= 15 is 0 Å². The zero-order chi connectivity index (χ0) is 14.2. The molecule has 1 fully saturated rings. The van der Waals surface area contributed by atoms with Crippen LogP contribution in [0.2, 0.25) is 5.02 Å². The summed E-state index contributed by atoms with van der Waals surface area (Å²) >= 11 is 6.92. The van der Waals surface area contributed by atoms with Gasteiger partial charge in [0.05, 0.1) is 10.9 Å². The first-order valence-corrected chi connectivity index (χ1v) is 8.09. The number of thioether (sulfide) groups is 1. The Hall–Kier alpha value is -0.830. The van der Waals surface area contributed by atoms with Crippen molar-refractivity contribution in [1.82, 2.24) is 4.31 Å². The Morgan fingerprint density at radius 2 is 2.21 bits per heavy atom. The summed E-state index contributed by atoms with van der Waals surface area (Å²) in [5.74, 6) is -1.67. The third-order valence-electron chi connectivity index (χ3n) is 2.61. The number of hydrogen-bond donors (Lipinski definition) is 1. The molecule has 0 unspecified atom stereocenters. The number of sulfonamides is 1. The van der Waals surface area contributed by atoms with Crippen molar-refractivity contribution in [3.8, 4) is 0 Å². The molecule has 0 amide bonds. The van der Waals surface area contributed by atoms with Gasteiger partial charge in [-0.2, -0.15) is 4.31 Å². The average Bonchev–Trinajstić information content (AvgIpc) is 2.77. The van der Waals surface area contributed by atoms with Gasteiger partial charge in [0.15, 0.2) is 0 Å². The van der Waals surface area contributed by atoms with Crippen LogP contribution in [0.5, 0.6) is 0 Å². The molecule has 1 heterocycles. The Kier molecular flexibility index (Phi) is 4.05. The highest BCUT2D eigenvalue weighted by Gasteiger charge is 2.40. The van der Waals surface area contributed by atoms with Gasteiger partial charge >= 0.3 is 5.97 Å². The van der Waals surface area contributed by atoms with Gasteiger partial charge in [-0.15, -0.1) is 11.8 Å². The molecule has 2 rings (SSSR count). The number of benzene rings is 1. The molecule has 1 saturated heterocycles. The maximum absolute atomic E-state index is 12.9. The first kappa shape index (κ1) is 14.6. The van der Waals surface area contributed by atoms with Gasteiger partial charge in [-0.3, -0.25) is 4.79 Å². The van der Waals surface area contributed by atoms with Crippen LogP contribution in [0.25, 0.3) is 0 Å². The van der Waals surface area contributed by atoms with E-state index in [1.165, 1.54) is 11.8 Å². The molecule has 0 saturated carbocycles. The molecule has 1 aromatic rings. The predicted molar refractivity (Wildman–Crippen MR) is 69.2 cm³/mol. The highest BCUT2D eigenvalue weighted by atomic mass is 35.5. The number of carbonyl (C=O) groups is 1. The minimum atomic E-state index is -4.05. The second-order valence-corrected chi connectivity index (χ2v) is 7.09. The molecule has 0 aromatic heterocycles. The number of carboxylic acids is 1. The van der Waals surface area contributed by atoms with Crippen molar-refractivity contribution >= 4 is 39.4 Å². The van der Waals surface area contributed by atoms with Gasteiger partial charge in [0.2, 0.25) is 10.0 Å². The maximum Gasteiger partial charge on any atom is 0.322 e. The number of carboxylic acid groups (broad SMARTS) is 1. The van der Waals surface area contributed by atoms with Crippen molar-refractivity contribution in [3.63, 3.8) is 0 Å². The molecule has 0 radical (unpaired) electrons. The van der Waals surface area contributed by atoms with Crippen molar-refractivity contribution in [2.24, 2.45) is 0 Å².